The highest BCUT2D eigenvalue weighted by Gasteiger charge is 2.38. The number of hydrogen-bond acceptors (Lipinski definition) is 7. The molecule has 3 heterocycles. The van der Waals surface area contributed by atoms with Crippen molar-refractivity contribution in [2.45, 2.75) is 25.7 Å². The fourth-order valence-electron chi connectivity index (χ4n) is 3.52. The van der Waals surface area contributed by atoms with Crippen LogP contribution in [0.3, 0.4) is 0 Å². The molecule has 10 nitrogen and oxygen atoms in total. The highest BCUT2D eigenvalue weighted by atomic mass is 19.4. The molecule has 40 heavy (non-hydrogen) atoms. The quantitative estimate of drug-likeness (QED) is 0.442. The Bertz CT molecular complexity index is 1240. The van der Waals surface area contributed by atoms with Crippen LogP contribution in [0.5, 0.6) is 0 Å². The molecule has 0 spiro atoms. The summed E-state index contributed by atoms with van der Waals surface area (Å²) in [4.78, 5) is 31.9. The van der Waals surface area contributed by atoms with E-state index >= 15 is 0 Å². The van der Waals surface area contributed by atoms with Gasteiger partial charge in [-0.25, -0.2) is 19.6 Å². The lowest BCUT2D eigenvalue weighted by Crippen LogP contribution is -2.31. The molecule has 1 aliphatic rings. The second-order valence-electron chi connectivity index (χ2n) is 8.31. The standard InChI is InChI=1S/C20H24N6.2C2HF3O2/c1-16-18(15-24(2)23-16)19-9-10-21-20(22-19)26-12-6-11-25(13-14-26)17-7-4-3-5-8-17;2*3-2(4,5)1(6)7/h3-5,7-10,15H,6,11-14H2,1-2H3;2*(H,6,7). The zero-order valence-corrected chi connectivity index (χ0v) is 21.3. The average molecular weight is 576 g/mol. The SMILES string of the molecule is Cc1nn(C)cc1-c1ccnc(N2CCCN(c3ccccc3)CC2)n1.O=C(O)C(F)(F)F.O=C(O)C(F)(F)F. The van der Waals surface area contributed by atoms with Crippen molar-refractivity contribution in [1.29, 1.82) is 0 Å². The summed E-state index contributed by atoms with van der Waals surface area (Å²) in [5, 5.41) is 18.7. The van der Waals surface area contributed by atoms with Gasteiger partial charge in [0.1, 0.15) is 0 Å². The smallest absolute Gasteiger partial charge is 0.475 e. The highest BCUT2D eigenvalue weighted by molar-refractivity contribution is 5.73. The molecule has 1 aromatic carbocycles. The van der Waals surface area contributed by atoms with Gasteiger partial charge in [-0.05, 0) is 31.5 Å². The number of benzene rings is 1. The Labute approximate surface area is 224 Å². The fourth-order valence-corrected chi connectivity index (χ4v) is 3.52. The third-order valence-corrected chi connectivity index (χ3v) is 5.32. The van der Waals surface area contributed by atoms with Crippen molar-refractivity contribution < 1.29 is 46.1 Å². The van der Waals surface area contributed by atoms with E-state index in [1.807, 2.05) is 37.1 Å². The molecule has 3 aromatic rings. The van der Waals surface area contributed by atoms with E-state index in [9.17, 15) is 26.3 Å². The lowest BCUT2D eigenvalue weighted by atomic mass is 10.2. The zero-order chi connectivity index (χ0) is 30.1. The van der Waals surface area contributed by atoms with Crippen LogP contribution in [0.25, 0.3) is 11.3 Å². The van der Waals surface area contributed by atoms with Crippen molar-refractivity contribution in [2.24, 2.45) is 7.05 Å². The summed E-state index contributed by atoms with van der Waals surface area (Å²) < 4.78 is 65.3. The molecule has 16 heteroatoms. The van der Waals surface area contributed by atoms with Crippen LogP contribution in [0, 0.1) is 6.92 Å². The molecule has 218 valence electrons. The van der Waals surface area contributed by atoms with Crippen molar-refractivity contribution >= 4 is 23.6 Å². The minimum Gasteiger partial charge on any atom is -0.475 e. The van der Waals surface area contributed by atoms with Crippen LogP contribution in [0.15, 0.2) is 48.8 Å². The maximum atomic E-state index is 10.6. The van der Waals surface area contributed by atoms with Gasteiger partial charge in [0.05, 0.1) is 11.4 Å². The number of aliphatic carboxylic acids is 2. The first-order valence-electron chi connectivity index (χ1n) is 11.6. The number of carboxylic acid groups (broad SMARTS) is 2. The predicted molar refractivity (Wildman–Crippen MR) is 132 cm³/mol. The average Bonchev–Trinajstić information content (AvgIpc) is 3.06. The number of rotatable bonds is 3. The lowest BCUT2D eigenvalue weighted by Gasteiger charge is -2.23. The van der Waals surface area contributed by atoms with Crippen molar-refractivity contribution in [2.75, 3.05) is 36.0 Å². The molecule has 4 rings (SSSR count). The maximum Gasteiger partial charge on any atom is 0.490 e. The molecule has 0 radical (unpaired) electrons. The molecule has 1 saturated heterocycles. The first kappa shape index (κ1) is 31.8. The van der Waals surface area contributed by atoms with Crippen molar-refractivity contribution in [3.8, 4) is 11.3 Å². The largest absolute Gasteiger partial charge is 0.490 e. The van der Waals surface area contributed by atoms with E-state index in [1.165, 1.54) is 5.69 Å². The Morgan fingerprint density at radius 3 is 1.88 bits per heavy atom. The number of aromatic nitrogens is 4. The van der Waals surface area contributed by atoms with Crippen LogP contribution in [-0.2, 0) is 16.6 Å². The van der Waals surface area contributed by atoms with Crippen LogP contribution in [0.1, 0.15) is 12.1 Å². The van der Waals surface area contributed by atoms with Gasteiger partial charge >= 0.3 is 24.3 Å². The highest BCUT2D eigenvalue weighted by Crippen LogP contribution is 2.23. The Balaban J connectivity index is 0.000000333. The summed E-state index contributed by atoms with van der Waals surface area (Å²) in [6.07, 6.45) is -5.21. The third kappa shape index (κ3) is 9.74. The molecule has 0 amide bonds. The molecule has 1 fully saturated rings. The van der Waals surface area contributed by atoms with Gasteiger partial charge in [0.25, 0.3) is 0 Å². The Morgan fingerprint density at radius 1 is 0.850 bits per heavy atom. The molecule has 1 aliphatic heterocycles. The van der Waals surface area contributed by atoms with E-state index in [2.05, 4.69) is 50.2 Å². The molecular weight excluding hydrogens is 550 g/mol. The summed E-state index contributed by atoms with van der Waals surface area (Å²) in [5.41, 5.74) is 4.28. The molecule has 2 aromatic heterocycles. The number of carbonyl (C=O) groups is 2. The normalized spacial score (nSPS) is 13.8. The Hall–Kier alpha value is -4.37. The zero-order valence-electron chi connectivity index (χ0n) is 21.3. The van der Waals surface area contributed by atoms with Gasteiger partial charge in [0.15, 0.2) is 0 Å². The van der Waals surface area contributed by atoms with E-state index < -0.39 is 24.3 Å². The summed E-state index contributed by atoms with van der Waals surface area (Å²) in [5.74, 6) is -4.71. The number of nitrogens with zero attached hydrogens (tertiary/aromatic N) is 6. The minimum atomic E-state index is -5.08. The van der Waals surface area contributed by atoms with E-state index in [4.69, 9.17) is 24.8 Å². The van der Waals surface area contributed by atoms with Gasteiger partial charge in [-0.3, -0.25) is 4.68 Å². The van der Waals surface area contributed by atoms with Crippen molar-refractivity contribution in [3.05, 3.63) is 54.5 Å². The number of halogens is 6. The van der Waals surface area contributed by atoms with Gasteiger partial charge in [0.2, 0.25) is 5.95 Å². The van der Waals surface area contributed by atoms with Gasteiger partial charge in [0, 0.05) is 56.9 Å². The number of aryl methyl sites for hydroxylation is 2. The van der Waals surface area contributed by atoms with Crippen LogP contribution in [0.2, 0.25) is 0 Å². The molecular formula is C24H26F6N6O4. The van der Waals surface area contributed by atoms with Crippen LogP contribution >= 0.6 is 0 Å². The van der Waals surface area contributed by atoms with Crippen LogP contribution in [0.4, 0.5) is 38.0 Å². The van der Waals surface area contributed by atoms with Crippen LogP contribution in [-0.4, -0.2) is 80.4 Å². The van der Waals surface area contributed by atoms with Crippen molar-refractivity contribution in [1.82, 2.24) is 19.7 Å². The van der Waals surface area contributed by atoms with E-state index in [1.54, 1.807) is 0 Å². The summed E-state index contributed by atoms with van der Waals surface area (Å²) >= 11 is 0. The monoisotopic (exact) mass is 576 g/mol. The minimum absolute atomic E-state index is 0.806. The van der Waals surface area contributed by atoms with Gasteiger partial charge < -0.3 is 20.0 Å². The van der Waals surface area contributed by atoms with Gasteiger partial charge in [-0.15, -0.1) is 0 Å². The summed E-state index contributed by atoms with van der Waals surface area (Å²) in [6, 6.07) is 12.6. The number of alkyl halides is 6. The van der Waals surface area contributed by atoms with E-state index in [0.29, 0.717) is 0 Å². The lowest BCUT2D eigenvalue weighted by molar-refractivity contribution is -0.193. The second kappa shape index (κ2) is 13.6. The maximum absolute atomic E-state index is 10.6. The third-order valence-electron chi connectivity index (χ3n) is 5.32. The molecule has 0 unspecified atom stereocenters. The van der Waals surface area contributed by atoms with Crippen LogP contribution < -0.4 is 9.80 Å². The number of anilines is 2. The molecule has 0 bridgehead atoms. The summed E-state index contributed by atoms with van der Waals surface area (Å²) in [6.45, 7) is 5.94. The summed E-state index contributed by atoms with van der Waals surface area (Å²) in [7, 11) is 1.94. The van der Waals surface area contributed by atoms with Gasteiger partial charge in [-0.1, -0.05) is 18.2 Å². The molecule has 0 saturated carbocycles. The van der Waals surface area contributed by atoms with E-state index in [0.717, 1.165) is 55.5 Å². The first-order chi connectivity index (χ1) is 18.6. The first-order valence-corrected chi connectivity index (χ1v) is 11.6. The second-order valence-corrected chi connectivity index (χ2v) is 8.31. The van der Waals surface area contributed by atoms with E-state index in [-0.39, 0.29) is 0 Å². The predicted octanol–water partition coefficient (Wildman–Crippen LogP) is 4.17. The fraction of sp³-hybridized carbons (Fsp3) is 0.375. The topological polar surface area (TPSA) is 125 Å². The number of carboxylic acids is 2. The Morgan fingerprint density at radius 2 is 1.38 bits per heavy atom. The molecule has 0 atom stereocenters. The van der Waals surface area contributed by atoms with Gasteiger partial charge in [-0.2, -0.15) is 31.4 Å². The number of hydrogen-bond donors (Lipinski definition) is 2. The number of para-hydroxylation sites is 1. The molecule has 0 aliphatic carbocycles. The van der Waals surface area contributed by atoms with Crippen molar-refractivity contribution in [3.63, 3.8) is 0 Å². The Kier molecular flexibility index (Phi) is 10.8. The molecule has 2 N–H and O–H groups in total.